The average molecular weight is 462 g/mol. The van der Waals surface area contributed by atoms with Crippen LogP contribution in [-0.2, 0) is 9.59 Å². The third-order valence-corrected chi connectivity index (χ3v) is 8.41. The van der Waals surface area contributed by atoms with Gasteiger partial charge in [-0.25, -0.2) is 4.79 Å². The lowest BCUT2D eigenvalue weighted by molar-refractivity contribution is -0.163. The number of β-lactam (4-membered cyclic amide) rings is 1. The fraction of sp³-hybridized carbons (Fsp3) is 0.565. The van der Waals surface area contributed by atoms with Crippen molar-refractivity contribution in [3.05, 3.63) is 46.0 Å². The number of hydrogen-bond acceptors (Lipinski definition) is 7. The Kier molecular flexibility index (Phi) is 6.65. The Morgan fingerprint density at radius 3 is 2.62 bits per heavy atom. The number of nitrogens with one attached hydrogen (secondary N) is 1. The van der Waals surface area contributed by atoms with Crippen molar-refractivity contribution < 1.29 is 24.9 Å². The van der Waals surface area contributed by atoms with E-state index in [9.17, 15) is 19.8 Å². The highest BCUT2D eigenvalue weighted by atomic mass is 32.2. The maximum Gasteiger partial charge on any atom is 0.353 e. The summed E-state index contributed by atoms with van der Waals surface area (Å²) in [6.45, 7) is 4.33. The molecule has 1 unspecified atom stereocenters. The van der Waals surface area contributed by atoms with E-state index in [4.69, 9.17) is 10.8 Å². The van der Waals surface area contributed by atoms with Gasteiger partial charge in [0, 0.05) is 41.3 Å². The van der Waals surface area contributed by atoms with Crippen LogP contribution in [0.1, 0.15) is 49.9 Å². The Morgan fingerprint density at radius 2 is 2.03 bits per heavy atom. The number of hydrogen-bond donors (Lipinski definition) is 5. The lowest BCUT2D eigenvalue weighted by Crippen LogP contribution is -2.63. The Hall–Kier alpha value is -1.91. The lowest BCUT2D eigenvalue weighted by Gasteiger charge is -2.46. The summed E-state index contributed by atoms with van der Waals surface area (Å²) in [5, 5.41) is 32.6. The monoisotopic (exact) mass is 461 g/mol. The van der Waals surface area contributed by atoms with Crippen molar-refractivity contribution in [3.8, 4) is 0 Å². The first kappa shape index (κ1) is 23.3. The van der Waals surface area contributed by atoms with Crippen LogP contribution >= 0.6 is 11.8 Å². The summed E-state index contributed by atoms with van der Waals surface area (Å²) < 4.78 is 0. The molecule has 0 aliphatic carbocycles. The summed E-state index contributed by atoms with van der Waals surface area (Å²) in [6.07, 6.45) is 0.570. The minimum atomic E-state index is -1.09. The van der Waals surface area contributed by atoms with Crippen LogP contribution in [0, 0.1) is 11.8 Å². The van der Waals surface area contributed by atoms with Crippen molar-refractivity contribution >= 4 is 23.6 Å². The van der Waals surface area contributed by atoms with Gasteiger partial charge in [0.15, 0.2) is 0 Å². The molecule has 3 aliphatic rings. The molecule has 3 heterocycles. The van der Waals surface area contributed by atoms with E-state index in [1.807, 2.05) is 19.1 Å². The van der Waals surface area contributed by atoms with Crippen LogP contribution in [0.4, 0.5) is 0 Å². The van der Waals surface area contributed by atoms with E-state index >= 15 is 0 Å². The van der Waals surface area contributed by atoms with Gasteiger partial charge in [0.2, 0.25) is 5.91 Å². The molecule has 7 atom stereocenters. The van der Waals surface area contributed by atoms with E-state index in [1.165, 1.54) is 4.90 Å². The smallest absolute Gasteiger partial charge is 0.353 e. The molecule has 32 heavy (non-hydrogen) atoms. The zero-order valence-corrected chi connectivity index (χ0v) is 19.1. The fourth-order valence-corrected chi connectivity index (χ4v) is 6.67. The standard InChI is InChI=1S/C23H31N3O5S/c1-11-19-18(12(2)28)22(29)26(19)20(23(30)31)21(11)32-15-9-17(25-10-15)14-5-3-13(4-6-14)16(24)7-8-27/h3-6,11-12,15-19,25,27-28H,7-10,24H2,1-2H3,(H,30,31)/t11-,12-,15+,16?,17-,18-,19-/m1/s1. The van der Waals surface area contributed by atoms with Crippen molar-refractivity contribution in [1.82, 2.24) is 10.2 Å². The van der Waals surface area contributed by atoms with E-state index in [1.54, 1.807) is 18.7 Å². The molecule has 0 bridgehead atoms. The second kappa shape index (κ2) is 9.15. The molecule has 3 aliphatic heterocycles. The van der Waals surface area contributed by atoms with E-state index in [0.717, 1.165) is 29.0 Å². The number of aliphatic hydroxyl groups is 2. The number of carbonyl (C=O) groups is 2. The number of fused-ring (bicyclic) bond motifs is 1. The number of benzene rings is 1. The number of thioether (sulfide) groups is 1. The van der Waals surface area contributed by atoms with Crippen molar-refractivity contribution in [3.63, 3.8) is 0 Å². The topological polar surface area (TPSA) is 136 Å². The molecule has 1 amide bonds. The fourth-order valence-electron chi connectivity index (χ4n) is 5.19. The Balaban J connectivity index is 1.45. The quantitative estimate of drug-likeness (QED) is 0.366. The van der Waals surface area contributed by atoms with Crippen LogP contribution in [0.25, 0.3) is 0 Å². The van der Waals surface area contributed by atoms with Crippen LogP contribution in [0.5, 0.6) is 0 Å². The molecule has 2 fully saturated rings. The minimum Gasteiger partial charge on any atom is -0.477 e. The molecule has 0 saturated carbocycles. The highest BCUT2D eigenvalue weighted by molar-refractivity contribution is 8.03. The normalized spacial score (nSPS) is 31.5. The number of aliphatic carboxylic acids is 1. The molecule has 4 rings (SSSR count). The second-order valence-corrected chi connectivity index (χ2v) is 10.3. The number of carboxylic acid groups (broad SMARTS) is 1. The number of nitrogens with two attached hydrogens (primary N) is 1. The predicted molar refractivity (Wildman–Crippen MR) is 121 cm³/mol. The van der Waals surface area contributed by atoms with Gasteiger partial charge < -0.3 is 31.3 Å². The first-order valence-corrected chi connectivity index (χ1v) is 12.0. The van der Waals surface area contributed by atoms with Crippen LogP contribution < -0.4 is 11.1 Å². The molecule has 6 N–H and O–H groups in total. The summed E-state index contributed by atoms with van der Waals surface area (Å²) in [5.74, 6) is -2.04. The maximum atomic E-state index is 12.5. The number of rotatable bonds is 8. The van der Waals surface area contributed by atoms with Gasteiger partial charge >= 0.3 is 5.97 Å². The van der Waals surface area contributed by atoms with Crippen molar-refractivity contribution in [2.24, 2.45) is 17.6 Å². The van der Waals surface area contributed by atoms with E-state index < -0.39 is 18.0 Å². The van der Waals surface area contributed by atoms with Gasteiger partial charge in [0.05, 0.1) is 18.1 Å². The van der Waals surface area contributed by atoms with Crippen LogP contribution in [0.3, 0.4) is 0 Å². The molecule has 8 nitrogen and oxygen atoms in total. The van der Waals surface area contributed by atoms with Crippen LogP contribution in [-0.4, -0.2) is 62.6 Å². The molecular weight excluding hydrogens is 430 g/mol. The number of carbonyl (C=O) groups excluding carboxylic acids is 1. The summed E-state index contributed by atoms with van der Waals surface area (Å²) in [7, 11) is 0. The lowest BCUT2D eigenvalue weighted by atomic mass is 9.79. The summed E-state index contributed by atoms with van der Waals surface area (Å²) >= 11 is 1.55. The predicted octanol–water partition coefficient (Wildman–Crippen LogP) is 1.36. The van der Waals surface area contributed by atoms with Crippen molar-refractivity contribution in [2.75, 3.05) is 13.2 Å². The minimum absolute atomic E-state index is 0.0560. The van der Waals surface area contributed by atoms with Gasteiger partial charge in [-0.2, -0.15) is 0 Å². The maximum absolute atomic E-state index is 12.5. The molecule has 0 aromatic heterocycles. The van der Waals surface area contributed by atoms with Crippen molar-refractivity contribution in [1.29, 1.82) is 0 Å². The number of carboxylic acids is 1. The third-order valence-electron chi connectivity index (χ3n) is 6.90. The van der Waals surface area contributed by atoms with Gasteiger partial charge in [-0.05, 0) is 30.9 Å². The van der Waals surface area contributed by atoms with E-state index in [0.29, 0.717) is 6.42 Å². The average Bonchev–Trinajstić information content (AvgIpc) is 3.30. The first-order valence-electron chi connectivity index (χ1n) is 11.1. The molecule has 0 spiro atoms. The first-order chi connectivity index (χ1) is 15.2. The highest BCUT2D eigenvalue weighted by Gasteiger charge is 2.60. The summed E-state index contributed by atoms with van der Waals surface area (Å²) in [4.78, 5) is 26.6. The molecule has 174 valence electrons. The molecule has 1 aromatic carbocycles. The van der Waals surface area contributed by atoms with Gasteiger partial charge in [-0.15, -0.1) is 11.8 Å². The Bertz CT molecular complexity index is 919. The second-order valence-electron chi connectivity index (χ2n) is 8.99. The van der Waals surface area contributed by atoms with Gasteiger partial charge in [-0.3, -0.25) is 4.79 Å². The zero-order chi connectivity index (χ0) is 23.2. The molecular formula is C23H31N3O5S. The summed E-state index contributed by atoms with van der Waals surface area (Å²) in [5.41, 5.74) is 8.28. The van der Waals surface area contributed by atoms with Crippen LogP contribution in [0.15, 0.2) is 34.9 Å². The zero-order valence-electron chi connectivity index (χ0n) is 18.3. The largest absolute Gasteiger partial charge is 0.477 e. The summed E-state index contributed by atoms with van der Waals surface area (Å²) in [6, 6.07) is 7.79. The SMILES string of the molecule is C[C@@H](O)[C@H]1C(=O)N2C(C(=O)O)=C(S[C@@H]3CN[C@@H](c4ccc(C(N)CCO)cc4)C3)[C@H](C)[C@H]12. The van der Waals surface area contributed by atoms with Gasteiger partial charge in [0.25, 0.3) is 0 Å². The highest BCUT2D eigenvalue weighted by Crippen LogP contribution is 2.52. The number of aliphatic hydroxyl groups excluding tert-OH is 2. The van der Waals surface area contributed by atoms with Gasteiger partial charge in [0.1, 0.15) is 5.70 Å². The van der Waals surface area contributed by atoms with Gasteiger partial charge in [-0.1, -0.05) is 31.2 Å². The van der Waals surface area contributed by atoms with E-state index in [-0.39, 0.29) is 47.5 Å². The van der Waals surface area contributed by atoms with E-state index in [2.05, 4.69) is 17.4 Å². The molecule has 9 heteroatoms. The molecule has 2 saturated heterocycles. The molecule has 1 aromatic rings. The molecule has 0 radical (unpaired) electrons. The van der Waals surface area contributed by atoms with Crippen molar-refractivity contribution in [2.45, 2.75) is 56.2 Å². The number of nitrogens with zero attached hydrogens (tertiary/aromatic N) is 1. The third kappa shape index (κ3) is 3.97. The Morgan fingerprint density at radius 1 is 1.34 bits per heavy atom. The number of amides is 1. The Labute approximate surface area is 191 Å². The van der Waals surface area contributed by atoms with Crippen LogP contribution in [0.2, 0.25) is 0 Å².